The molecule has 0 saturated carbocycles. The van der Waals surface area contributed by atoms with Gasteiger partial charge in [0.25, 0.3) is 11.8 Å². The fourth-order valence-corrected chi connectivity index (χ4v) is 4.71. The monoisotopic (exact) mass is 525 g/mol. The van der Waals surface area contributed by atoms with Crippen LogP contribution in [0.1, 0.15) is 55.7 Å². The molecule has 6 rings (SSSR count). The van der Waals surface area contributed by atoms with Crippen LogP contribution in [0.3, 0.4) is 0 Å². The van der Waals surface area contributed by atoms with Crippen LogP contribution in [0.2, 0.25) is 0 Å². The fourth-order valence-electron chi connectivity index (χ4n) is 4.71. The zero-order valence-electron chi connectivity index (χ0n) is 20.9. The van der Waals surface area contributed by atoms with E-state index >= 15 is 0 Å². The molecule has 12 nitrogen and oxygen atoms in total. The molecule has 12 heteroatoms. The van der Waals surface area contributed by atoms with Crippen molar-refractivity contribution < 1.29 is 18.8 Å². The number of benzene rings is 2. The van der Waals surface area contributed by atoms with Crippen LogP contribution in [-0.4, -0.2) is 32.2 Å². The van der Waals surface area contributed by atoms with Crippen molar-refractivity contribution >= 4 is 28.7 Å². The standard InChI is InChI=1S/C27H23N7O5/c1-14-31-24(33-39-14)17-4-6-18-16(10-17)5-7-19(18)32-26(36)21-11-20(29-13-30-21)25(35)28-12-15-3-8-23-22(9-15)34(2)27(37)38-23/h3-4,6,8-11,13,19H,1,5,7,12H2,2H3,(H,28,35)(H,31,33)(H,32,36)/t19-/m0/s1. The van der Waals surface area contributed by atoms with Crippen LogP contribution in [0.15, 0.2) is 75.5 Å². The summed E-state index contributed by atoms with van der Waals surface area (Å²) in [5.41, 5.74) is 7.77. The van der Waals surface area contributed by atoms with E-state index in [2.05, 4.69) is 37.7 Å². The molecule has 1 atom stereocenters. The van der Waals surface area contributed by atoms with Crippen LogP contribution in [0.5, 0.6) is 0 Å². The van der Waals surface area contributed by atoms with E-state index in [0.717, 1.165) is 35.1 Å². The molecule has 1 aliphatic heterocycles. The van der Waals surface area contributed by atoms with Crippen molar-refractivity contribution in [3.63, 3.8) is 0 Å². The highest BCUT2D eigenvalue weighted by Gasteiger charge is 2.26. The van der Waals surface area contributed by atoms with Crippen LogP contribution in [0.25, 0.3) is 11.1 Å². The minimum Gasteiger partial charge on any atom is -0.408 e. The van der Waals surface area contributed by atoms with E-state index in [4.69, 9.17) is 9.25 Å². The lowest BCUT2D eigenvalue weighted by Crippen LogP contribution is -2.29. The molecule has 2 amide bonds. The molecule has 3 N–H and O–H groups in total. The van der Waals surface area contributed by atoms with Gasteiger partial charge in [0.05, 0.1) is 11.6 Å². The molecule has 3 heterocycles. The molecule has 0 spiro atoms. The Morgan fingerprint density at radius 1 is 1.13 bits per heavy atom. The van der Waals surface area contributed by atoms with Crippen LogP contribution in [0.4, 0.5) is 0 Å². The van der Waals surface area contributed by atoms with E-state index < -0.39 is 17.6 Å². The van der Waals surface area contributed by atoms with Gasteiger partial charge in [-0.05, 0) is 54.3 Å². The Balaban J connectivity index is 1.11. The van der Waals surface area contributed by atoms with Crippen LogP contribution in [-0.2, 0) is 24.9 Å². The third-order valence-electron chi connectivity index (χ3n) is 6.74. The number of oxazole rings is 1. The number of aryl methyl sites for hydroxylation is 2. The number of aliphatic imine (C=N–C) groups is 1. The van der Waals surface area contributed by atoms with E-state index in [0.29, 0.717) is 22.8 Å². The molecule has 2 aromatic heterocycles. The number of hydrogen-bond donors (Lipinski definition) is 3. The van der Waals surface area contributed by atoms with E-state index in [1.165, 1.54) is 17.0 Å². The van der Waals surface area contributed by atoms with Crippen molar-refractivity contribution in [3.8, 4) is 0 Å². The summed E-state index contributed by atoms with van der Waals surface area (Å²) >= 11 is 0. The smallest absolute Gasteiger partial charge is 0.408 e. The number of fused-ring (bicyclic) bond motifs is 2. The lowest BCUT2D eigenvalue weighted by molar-refractivity contribution is 0.0931. The summed E-state index contributed by atoms with van der Waals surface area (Å²) in [6.07, 6.45) is 2.72. The minimum absolute atomic E-state index is 0.0667. The second-order valence-electron chi connectivity index (χ2n) is 9.24. The Morgan fingerprint density at radius 2 is 1.95 bits per heavy atom. The maximum Gasteiger partial charge on any atom is 0.419 e. The van der Waals surface area contributed by atoms with Crippen LogP contribution in [0, 0.1) is 0 Å². The topological polar surface area (TPSA) is 153 Å². The Labute approximate surface area is 221 Å². The number of rotatable bonds is 6. The van der Waals surface area contributed by atoms with E-state index in [-0.39, 0.29) is 24.0 Å². The van der Waals surface area contributed by atoms with E-state index in [1.807, 2.05) is 18.2 Å². The van der Waals surface area contributed by atoms with Crippen LogP contribution >= 0.6 is 0 Å². The molecule has 39 heavy (non-hydrogen) atoms. The molecular weight excluding hydrogens is 502 g/mol. The predicted molar refractivity (Wildman–Crippen MR) is 140 cm³/mol. The highest BCUT2D eigenvalue weighted by Crippen LogP contribution is 2.32. The van der Waals surface area contributed by atoms with Gasteiger partial charge in [0.1, 0.15) is 17.7 Å². The van der Waals surface area contributed by atoms with Crippen molar-refractivity contribution in [1.82, 2.24) is 30.6 Å². The molecule has 4 aromatic rings. The number of amides is 2. The first-order valence-corrected chi connectivity index (χ1v) is 12.2. The molecule has 0 radical (unpaired) electrons. The average molecular weight is 526 g/mol. The number of amidine groups is 1. The third-order valence-corrected chi connectivity index (χ3v) is 6.74. The Morgan fingerprint density at radius 3 is 2.74 bits per heavy atom. The Bertz CT molecular complexity index is 1750. The van der Waals surface area contributed by atoms with Gasteiger partial charge in [-0.1, -0.05) is 18.2 Å². The second-order valence-corrected chi connectivity index (χ2v) is 9.24. The van der Waals surface area contributed by atoms with Crippen molar-refractivity contribution in [3.05, 3.63) is 105 Å². The van der Waals surface area contributed by atoms with Gasteiger partial charge in [0.15, 0.2) is 11.4 Å². The van der Waals surface area contributed by atoms with Crippen molar-refractivity contribution in [2.45, 2.75) is 25.4 Å². The maximum atomic E-state index is 13.0. The molecule has 196 valence electrons. The van der Waals surface area contributed by atoms with Gasteiger partial charge in [-0.15, -0.1) is 0 Å². The molecular formula is C27H23N7O5. The highest BCUT2D eigenvalue weighted by atomic mass is 16.7. The minimum atomic E-state index is -0.457. The summed E-state index contributed by atoms with van der Waals surface area (Å²) in [7, 11) is 1.61. The summed E-state index contributed by atoms with van der Waals surface area (Å²) in [6.45, 7) is 3.86. The number of hydrogen-bond acceptors (Lipinski definition) is 9. The number of carbonyl (C=O) groups is 2. The average Bonchev–Trinajstić information content (AvgIpc) is 3.64. The number of nitrogens with one attached hydrogen (secondary N) is 3. The zero-order chi connectivity index (χ0) is 27.1. The molecule has 0 unspecified atom stereocenters. The zero-order valence-corrected chi connectivity index (χ0v) is 20.9. The normalized spacial score (nSPS) is 15.9. The first kappa shape index (κ1) is 24.1. The Kier molecular flexibility index (Phi) is 5.91. The number of carbonyl (C=O) groups excluding carboxylic acids is 2. The largest absolute Gasteiger partial charge is 0.419 e. The summed E-state index contributed by atoms with van der Waals surface area (Å²) in [5.74, 6) is -0.415. The number of nitrogens with zero attached hydrogens (tertiary/aromatic N) is 4. The molecule has 0 fully saturated rings. The van der Waals surface area contributed by atoms with Gasteiger partial charge in [-0.3, -0.25) is 14.2 Å². The molecule has 0 saturated heterocycles. The maximum absolute atomic E-state index is 13.0. The number of hydroxylamine groups is 1. The van der Waals surface area contributed by atoms with Crippen molar-refractivity contribution in [2.75, 3.05) is 0 Å². The first-order chi connectivity index (χ1) is 18.9. The fraction of sp³-hybridized carbons (Fsp3) is 0.185. The van der Waals surface area contributed by atoms with Gasteiger partial charge < -0.3 is 19.9 Å². The van der Waals surface area contributed by atoms with Gasteiger partial charge in [-0.2, -0.15) is 4.99 Å². The molecule has 1 aliphatic carbocycles. The highest BCUT2D eigenvalue weighted by molar-refractivity contribution is 6.00. The quantitative estimate of drug-likeness (QED) is 0.346. The Hall–Kier alpha value is -5.26. The third kappa shape index (κ3) is 4.63. The summed E-state index contributed by atoms with van der Waals surface area (Å²) in [5, 5.41) is 5.79. The molecule has 2 aliphatic rings. The van der Waals surface area contributed by atoms with E-state index in [9.17, 15) is 14.4 Å². The lowest BCUT2D eigenvalue weighted by Gasteiger charge is -2.14. The van der Waals surface area contributed by atoms with Gasteiger partial charge in [0, 0.05) is 25.2 Å². The lowest BCUT2D eigenvalue weighted by atomic mass is 10.0. The van der Waals surface area contributed by atoms with Crippen molar-refractivity contribution in [2.24, 2.45) is 12.0 Å². The molecule has 2 aromatic carbocycles. The molecule has 0 bridgehead atoms. The van der Waals surface area contributed by atoms with Crippen LogP contribution < -0.4 is 21.9 Å². The summed E-state index contributed by atoms with van der Waals surface area (Å²) in [6, 6.07) is 12.3. The summed E-state index contributed by atoms with van der Waals surface area (Å²) in [4.78, 5) is 54.9. The summed E-state index contributed by atoms with van der Waals surface area (Å²) < 4.78 is 6.53. The van der Waals surface area contributed by atoms with Gasteiger partial charge >= 0.3 is 5.76 Å². The first-order valence-electron chi connectivity index (χ1n) is 12.2. The number of aromatic nitrogens is 3. The predicted octanol–water partition coefficient (Wildman–Crippen LogP) is 2.02. The SMILES string of the molecule is C=C1N=C(c2ccc3c(c2)CC[C@@H]3NC(=O)c2cc(C(=O)NCc3ccc4oc(=O)n(C)c4c3)ncn2)NO1. The van der Waals surface area contributed by atoms with E-state index in [1.54, 1.807) is 25.2 Å². The van der Waals surface area contributed by atoms with Gasteiger partial charge in [-0.25, -0.2) is 20.2 Å². The second kappa shape index (κ2) is 9.56. The van der Waals surface area contributed by atoms with Crippen molar-refractivity contribution in [1.29, 1.82) is 0 Å². The van der Waals surface area contributed by atoms with Gasteiger partial charge in [0.2, 0.25) is 5.88 Å².